The van der Waals surface area contributed by atoms with Crippen LogP contribution in [0.15, 0.2) is 18.2 Å². The molecule has 2 fully saturated rings. The Kier molecular flexibility index (Phi) is 5.15. The number of ketones is 2. The van der Waals surface area contributed by atoms with Crippen molar-refractivity contribution >= 4 is 23.2 Å². The molecule has 2 saturated carbocycles. The Hall–Kier alpha value is -2.57. The highest BCUT2D eigenvalue weighted by Gasteiger charge is 2.41. The van der Waals surface area contributed by atoms with E-state index >= 15 is 0 Å². The molecule has 0 unspecified atom stereocenters. The number of nitro groups is 1. The van der Waals surface area contributed by atoms with E-state index in [4.69, 9.17) is 4.74 Å². The monoisotopic (exact) mass is 359 g/mol. The summed E-state index contributed by atoms with van der Waals surface area (Å²) >= 11 is 0. The van der Waals surface area contributed by atoms with E-state index in [9.17, 15) is 24.5 Å². The second kappa shape index (κ2) is 7.35. The van der Waals surface area contributed by atoms with Gasteiger partial charge in [0.05, 0.1) is 10.8 Å². The number of rotatable bonds is 5. The van der Waals surface area contributed by atoms with E-state index in [0.29, 0.717) is 18.4 Å². The first-order chi connectivity index (χ1) is 12.4. The number of Topliss-reactive ketones (excluding diaryl/α,β-unsaturated/α-hetero) is 2. The molecular formula is C19H21NO6. The lowest BCUT2D eigenvalue weighted by atomic mass is 9.67. The van der Waals surface area contributed by atoms with Crippen LogP contribution in [0.5, 0.6) is 0 Å². The predicted octanol–water partition coefficient (Wildman–Crippen LogP) is 3.02. The smallest absolute Gasteiger partial charge is 0.309 e. The molecule has 0 N–H and O–H groups in total. The van der Waals surface area contributed by atoms with Crippen molar-refractivity contribution in [1.82, 2.24) is 0 Å². The average Bonchev–Trinajstić information content (AvgIpc) is 2.59. The Morgan fingerprint density at radius 3 is 2.50 bits per heavy atom. The van der Waals surface area contributed by atoms with Gasteiger partial charge in [-0.1, -0.05) is 18.6 Å². The first kappa shape index (κ1) is 18.2. The van der Waals surface area contributed by atoms with Crippen LogP contribution in [0.1, 0.15) is 48.0 Å². The Labute approximate surface area is 150 Å². The van der Waals surface area contributed by atoms with Crippen molar-refractivity contribution in [2.45, 2.75) is 39.0 Å². The Morgan fingerprint density at radius 1 is 1.23 bits per heavy atom. The highest BCUT2D eigenvalue weighted by molar-refractivity contribution is 5.98. The maximum atomic E-state index is 12.3. The summed E-state index contributed by atoms with van der Waals surface area (Å²) in [6, 6.07) is 4.19. The molecule has 1 aromatic carbocycles. The van der Waals surface area contributed by atoms with Gasteiger partial charge in [0.2, 0.25) is 5.78 Å². The minimum Gasteiger partial charge on any atom is -0.457 e. The van der Waals surface area contributed by atoms with Crippen LogP contribution in [0.3, 0.4) is 0 Å². The van der Waals surface area contributed by atoms with Crippen LogP contribution < -0.4 is 0 Å². The summed E-state index contributed by atoms with van der Waals surface area (Å²) < 4.78 is 5.16. The van der Waals surface area contributed by atoms with Gasteiger partial charge in [0.1, 0.15) is 5.78 Å². The maximum Gasteiger partial charge on any atom is 0.309 e. The molecule has 0 amide bonds. The zero-order chi connectivity index (χ0) is 18.8. The molecule has 0 heterocycles. The highest BCUT2D eigenvalue weighted by Crippen LogP contribution is 2.40. The molecule has 0 aromatic heterocycles. The van der Waals surface area contributed by atoms with E-state index in [1.165, 1.54) is 18.2 Å². The number of carbonyl (C=O) groups is 3. The standard InChI is InChI=1S/C19H21NO6/c1-11-5-6-12(9-16(11)20(24)25)17(21)10-26-19(23)15-7-13-3-2-4-14(8-15)18(13)22/h5-6,9,13-15H,2-4,7-8,10H2,1H3/t13-,14-/m1/s1. The second-order valence-electron chi connectivity index (χ2n) is 7.18. The number of carbonyl (C=O) groups excluding carboxylic acids is 3. The minimum atomic E-state index is -0.546. The topological polar surface area (TPSA) is 104 Å². The number of esters is 1. The molecule has 2 aliphatic carbocycles. The summed E-state index contributed by atoms with van der Waals surface area (Å²) in [6.45, 7) is 1.15. The molecule has 7 heteroatoms. The second-order valence-corrected chi connectivity index (χ2v) is 7.18. The molecule has 2 bridgehead atoms. The SMILES string of the molecule is Cc1ccc(C(=O)COC(=O)C2C[C@H]3CCC[C@H](C2)C3=O)cc1[N+](=O)[O-]. The number of nitro benzene ring substituents is 1. The summed E-state index contributed by atoms with van der Waals surface area (Å²) in [5.74, 6) is -1.13. The summed E-state index contributed by atoms with van der Waals surface area (Å²) in [5, 5.41) is 11.0. The van der Waals surface area contributed by atoms with Crippen molar-refractivity contribution in [2.24, 2.45) is 17.8 Å². The molecule has 0 radical (unpaired) electrons. The molecule has 2 aliphatic rings. The molecule has 7 nitrogen and oxygen atoms in total. The quantitative estimate of drug-likeness (QED) is 0.346. The van der Waals surface area contributed by atoms with Crippen LogP contribution >= 0.6 is 0 Å². The average molecular weight is 359 g/mol. The van der Waals surface area contributed by atoms with Crippen molar-refractivity contribution in [3.8, 4) is 0 Å². The Bertz CT molecular complexity index is 755. The van der Waals surface area contributed by atoms with Gasteiger partial charge in [-0.2, -0.15) is 0 Å². The first-order valence-corrected chi connectivity index (χ1v) is 8.85. The third-order valence-corrected chi connectivity index (χ3v) is 5.45. The van der Waals surface area contributed by atoms with E-state index in [1.54, 1.807) is 6.92 Å². The van der Waals surface area contributed by atoms with Crippen molar-refractivity contribution in [3.05, 3.63) is 39.4 Å². The lowest BCUT2D eigenvalue weighted by Gasteiger charge is -2.36. The van der Waals surface area contributed by atoms with Gasteiger partial charge in [0, 0.05) is 29.0 Å². The third kappa shape index (κ3) is 3.66. The van der Waals surface area contributed by atoms with Gasteiger partial charge < -0.3 is 4.74 Å². The number of hydrogen-bond donors (Lipinski definition) is 0. The van der Waals surface area contributed by atoms with Crippen LogP contribution in [0.2, 0.25) is 0 Å². The molecule has 0 aliphatic heterocycles. The highest BCUT2D eigenvalue weighted by atomic mass is 16.6. The lowest BCUT2D eigenvalue weighted by molar-refractivity contribution is -0.385. The molecule has 3 rings (SSSR count). The largest absolute Gasteiger partial charge is 0.457 e. The fraction of sp³-hybridized carbons (Fsp3) is 0.526. The number of nitrogens with zero attached hydrogens (tertiary/aromatic N) is 1. The maximum absolute atomic E-state index is 12.3. The van der Waals surface area contributed by atoms with E-state index in [2.05, 4.69) is 0 Å². The Morgan fingerprint density at radius 2 is 1.88 bits per heavy atom. The molecule has 1 aromatic rings. The predicted molar refractivity (Wildman–Crippen MR) is 91.7 cm³/mol. The first-order valence-electron chi connectivity index (χ1n) is 8.85. The fourth-order valence-corrected chi connectivity index (χ4v) is 3.99. The van der Waals surface area contributed by atoms with Crippen LogP contribution in [-0.2, 0) is 14.3 Å². The van der Waals surface area contributed by atoms with Gasteiger partial charge >= 0.3 is 5.97 Å². The number of ether oxygens (including phenoxy) is 1. The van der Waals surface area contributed by atoms with E-state index in [1.807, 2.05) is 0 Å². The van der Waals surface area contributed by atoms with Gasteiger partial charge in [0.15, 0.2) is 6.61 Å². The van der Waals surface area contributed by atoms with Crippen molar-refractivity contribution in [2.75, 3.05) is 6.61 Å². The summed E-state index contributed by atoms with van der Waals surface area (Å²) in [5.41, 5.74) is 0.466. The van der Waals surface area contributed by atoms with Gasteiger partial charge in [-0.15, -0.1) is 0 Å². The van der Waals surface area contributed by atoms with Gasteiger partial charge in [0.25, 0.3) is 5.69 Å². The fourth-order valence-electron chi connectivity index (χ4n) is 3.99. The van der Waals surface area contributed by atoms with E-state index in [-0.39, 0.29) is 34.8 Å². The van der Waals surface area contributed by atoms with Crippen LogP contribution in [0.4, 0.5) is 5.69 Å². The van der Waals surface area contributed by atoms with Crippen LogP contribution in [0, 0.1) is 34.8 Å². The molecule has 26 heavy (non-hydrogen) atoms. The lowest BCUT2D eigenvalue weighted by Crippen LogP contribution is -2.39. The summed E-state index contributed by atoms with van der Waals surface area (Å²) in [7, 11) is 0. The molecule has 0 saturated heterocycles. The molecule has 138 valence electrons. The van der Waals surface area contributed by atoms with Crippen LogP contribution in [0.25, 0.3) is 0 Å². The minimum absolute atomic E-state index is 0.0597. The number of benzene rings is 1. The number of aryl methyl sites for hydroxylation is 1. The Balaban J connectivity index is 1.59. The van der Waals surface area contributed by atoms with Gasteiger partial charge in [-0.25, -0.2) is 0 Å². The van der Waals surface area contributed by atoms with Crippen molar-refractivity contribution in [3.63, 3.8) is 0 Å². The van der Waals surface area contributed by atoms with Crippen molar-refractivity contribution in [1.29, 1.82) is 0 Å². The number of fused-ring (bicyclic) bond motifs is 2. The van der Waals surface area contributed by atoms with Gasteiger partial charge in [-0.3, -0.25) is 24.5 Å². The summed E-state index contributed by atoms with van der Waals surface area (Å²) in [6.07, 6.45) is 3.67. The molecule has 2 atom stereocenters. The zero-order valence-electron chi connectivity index (χ0n) is 14.6. The third-order valence-electron chi connectivity index (χ3n) is 5.45. The van der Waals surface area contributed by atoms with E-state index < -0.39 is 23.3 Å². The van der Waals surface area contributed by atoms with E-state index in [0.717, 1.165) is 19.3 Å². The summed E-state index contributed by atoms with van der Waals surface area (Å²) in [4.78, 5) is 47.0. The molecular weight excluding hydrogens is 338 g/mol. The molecule has 0 spiro atoms. The van der Waals surface area contributed by atoms with Crippen molar-refractivity contribution < 1.29 is 24.0 Å². The number of hydrogen-bond acceptors (Lipinski definition) is 6. The normalized spacial score (nSPS) is 24.8. The van der Waals surface area contributed by atoms with Crippen LogP contribution in [-0.4, -0.2) is 29.1 Å². The van der Waals surface area contributed by atoms with Gasteiger partial charge in [-0.05, 0) is 32.6 Å². The zero-order valence-corrected chi connectivity index (χ0v) is 14.6.